The summed E-state index contributed by atoms with van der Waals surface area (Å²) in [5.41, 5.74) is 7.05. The molecule has 1 heterocycles. The highest BCUT2D eigenvalue weighted by molar-refractivity contribution is 5.85. The smallest absolute Gasteiger partial charge is 0.226 e. The Labute approximate surface area is 164 Å². The summed E-state index contributed by atoms with van der Waals surface area (Å²) < 4.78 is 0. The topological polar surface area (TPSA) is 49.6 Å². The maximum Gasteiger partial charge on any atom is 0.226 e. The van der Waals surface area contributed by atoms with Crippen molar-refractivity contribution < 1.29 is 4.79 Å². The van der Waals surface area contributed by atoms with Gasteiger partial charge >= 0.3 is 0 Å². The number of carbonyl (C=O) groups excluding carboxylic acids is 1. The van der Waals surface area contributed by atoms with Crippen LogP contribution in [0.25, 0.3) is 0 Å². The van der Waals surface area contributed by atoms with Crippen molar-refractivity contribution in [2.75, 3.05) is 26.2 Å². The minimum Gasteiger partial charge on any atom is -0.338 e. The van der Waals surface area contributed by atoms with E-state index in [0.29, 0.717) is 12.6 Å². The van der Waals surface area contributed by atoms with E-state index in [-0.39, 0.29) is 36.6 Å². The van der Waals surface area contributed by atoms with Gasteiger partial charge in [-0.15, -0.1) is 24.8 Å². The zero-order valence-electron chi connectivity index (χ0n) is 15.4. The van der Waals surface area contributed by atoms with Crippen LogP contribution in [0.3, 0.4) is 0 Å². The summed E-state index contributed by atoms with van der Waals surface area (Å²) >= 11 is 0. The number of piperidine rings is 1. The number of amides is 1. The third-order valence-corrected chi connectivity index (χ3v) is 4.69. The number of nitrogens with two attached hydrogens (primary N) is 1. The van der Waals surface area contributed by atoms with Gasteiger partial charge in [-0.1, -0.05) is 44.2 Å². The quantitative estimate of drug-likeness (QED) is 0.777. The summed E-state index contributed by atoms with van der Waals surface area (Å²) in [4.78, 5) is 17.2. The van der Waals surface area contributed by atoms with E-state index >= 15 is 0 Å². The third-order valence-electron chi connectivity index (χ3n) is 4.69. The molecule has 2 rings (SSSR count). The molecule has 0 saturated carbocycles. The molecular formula is C19H33Cl2N3O. The number of rotatable bonds is 7. The van der Waals surface area contributed by atoms with E-state index < -0.39 is 0 Å². The zero-order chi connectivity index (χ0) is 16.7. The molecule has 2 atom stereocenters. The molecule has 0 spiro atoms. The summed E-state index contributed by atoms with van der Waals surface area (Å²) in [6.45, 7) is 8.40. The fourth-order valence-corrected chi connectivity index (χ4v) is 3.37. The van der Waals surface area contributed by atoms with Crippen LogP contribution in [0.15, 0.2) is 30.3 Å². The summed E-state index contributed by atoms with van der Waals surface area (Å²) in [5, 5.41) is 0. The Bertz CT molecular complexity index is 487. The van der Waals surface area contributed by atoms with Gasteiger partial charge in [-0.05, 0) is 31.4 Å². The van der Waals surface area contributed by atoms with Gasteiger partial charge in [0, 0.05) is 38.1 Å². The predicted molar refractivity (Wildman–Crippen MR) is 109 cm³/mol. The first-order valence-corrected chi connectivity index (χ1v) is 8.92. The van der Waals surface area contributed by atoms with Crippen LogP contribution in [0.5, 0.6) is 0 Å². The Hall–Kier alpha value is -0.810. The maximum atomic E-state index is 12.7. The van der Waals surface area contributed by atoms with Gasteiger partial charge in [0.15, 0.2) is 0 Å². The van der Waals surface area contributed by atoms with Crippen molar-refractivity contribution in [3.05, 3.63) is 35.9 Å². The number of likely N-dealkylation sites (tertiary alicyclic amines) is 1. The number of hydrogen-bond donors (Lipinski definition) is 1. The molecule has 1 amide bonds. The van der Waals surface area contributed by atoms with Crippen molar-refractivity contribution in [1.29, 1.82) is 0 Å². The molecule has 2 N–H and O–H groups in total. The summed E-state index contributed by atoms with van der Waals surface area (Å²) in [7, 11) is 0. The van der Waals surface area contributed by atoms with Crippen LogP contribution in [0, 0.1) is 5.92 Å². The zero-order valence-corrected chi connectivity index (χ0v) is 17.0. The Balaban J connectivity index is 0.00000288. The van der Waals surface area contributed by atoms with Gasteiger partial charge < -0.3 is 10.6 Å². The van der Waals surface area contributed by atoms with Crippen LogP contribution < -0.4 is 5.73 Å². The molecule has 1 aliphatic rings. The molecule has 2 unspecified atom stereocenters. The SMILES string of the molecule is CCCN(C(=O)C(C)CN)C1CCCN(Cc2ccccc2)C1.Cl.Cl. The summed E-state index contributed by atoms with van der Waals surface area (Å²) in [6, 6.07) is 10.9. The third kappa shape index (κ3) is 7.14. The van der Waals surface area contributed by atoms with Crippen molar-refractivity contribution in [2.24, 2.45) is 11.7 Å². The first-order valence-electron chi connectivity index (χ1n) is 8.92. The molecule has 25 heavy (non-hydrogen) atoms. The fourth-order valence-electron chi connectivity index (χ4n) is 3.37. The van der Waals surface area contributed by atoms with Crippen LogP contribution in [-0.4, -0.2) is 47.9 Å². The van der Waals surface area contributed by atoms with Gasteiger partial charge in [-0.25, -0.2) is 0 Å². The van der Waals surface area contributed by atoms with E-state index in [1.54, 1.807) is 0 Å². The minimum absolute atomic E-state index is 0. The Morgan fingerprint density at radius 2 is 2.00 bits per heavy atom. The van der Waals surface area contributed by atoms with Crippen LogP contribution in [0.2, 0.25) is 0 Å². The lowest BCUT2D eigenvalue weighted by molar-refractivity contribution is -0.138. The van der Waals surface area contributed by atoms with E-state index in [9.17, 15) is 4.79 Å². The summed E-state index contributed by atoms with van der Waals surface area (Å²) in [6.07, 6.45) is 3.26. The van der Waals surface area contributed by atoms with Crippen molar-refractivity contribution in [1.82, 2.24) is 9.80 Å². The van der Waals surface area contributed by atoms with Gasteiger partial charge in [0.1, 0.15) is 0 Å². The number of nitrogens with zero attached hydrogens (tertiary/aromatic N) is 2. The van der Waals surface area contributed by atoms with Gasteiger partial charge in [-0.3, -0.25) is 9.69 Å². The molecule has 1 aliphatic heterocycles. The lowest BCUT2D eigenvalue weighted by Crippen LogP contribution is -2.52. The number of halogens is 2. The van der Waals surface area contributed by atoms with E-state index in [1.807, 2.05) is 6.92 Å². The molecule has 1 aromatic carbocycles. The fraction of sp³-hybridized carbons (Fsp3) is 0.632. The van der Waals surface area contributed by atoms with Crippen molar-refractivity contribution in [3.8, 4) is 0 Å². The van der Waals surface area contributed by atoms with Gasteiger partial charge in [0.2, 0.25) is 5.91 Å². The van der Waals surface area contributed by atoms with E-state index in [2.05, 4.69) is 47.1 Å². The molecule has 4 nitrogen and oxygen atoms in total. The monoisotopic (exact) mass is 389 g/mol. The first kappa shape index (κ1) is 24.2. The van der Waals surface area contributed by atoms with Crippen molar-refractivity contribution in [2.45, 2.75) is 45.7 Å². The lowest BCUT2D eigenvalue weighted by atomic mass is 10.0. The Kier molecular flexibility index (Phi) is 12.1. The molecule has 144 valence electrons. The Morgan fingerprint density at radius 1 is 1.32 bits per heavy atom. The minimum atomic E-state index is -0.0777. The number of hydrogen-bond acceptors (Lipinski definition) is 3. The maximum absolute atomic E-state index is 12.7. The largest absolute Gasteiger partial charge is 0.338 e. The predicted octanol–water partition coefficient (Wildman–Crippen LogP) is 3.33. The number of carbonyl (C=O) groups is 1. The highest BCUT2D eigenvalue weighted by atomic mass is 35.5. The van der Waals surface area contributed by atoms with Crippen LogP contribution in [0.4, 0.5) is 0 Å². The molecule has 6 heteroatoms. The molecule has 0 aliphatic carbocycles. The highest BCUT2D eigenvalue weighted by Gasteiger charge is 2.29. The van der Waals surface area contributed by atoms with Crippen molar-refractivity contribution in [3.63, 3.8) is 0 Å². The second-order valence-corrected chi connectivity index (χ2v) is 6.69. The second kappa shape index (κ2) is 12.5. The normalized spacial score (nSPS) is 18.6. The lowest BCUT2D eigenvalue weighted by Gasteiger charge is -2.40. The average Bonchev–Trinajstić information content (AvgIpc) is 2.59. The average molecular weight is 390 g/mol. The second-order valence-electron chi connectivity index (χ2n) is 6.69. The van der Waals surface area contributed by atoms with Crippen molar-refractivity contribution >= 4 is 30.7 Å². The van der Waals surface area contributed by atoms with E-state index in [0.717, 1.165) is 45.4 Å². The number of benzene rings is 1. The van der Waals surface area contributed by atoms with E-state index in [4.69, 9.17) is 5.73 Å². The highest BCUT2D eigenvalue weighted by Crippen LogP contribution is 2.20. The van der Waals surface area contributed by atoms with Gasteiger partial charge in [0.05, 0.1) is 0 Å². The first-order chi connectivity index (χ1) is 11.2. The van der Waals surface area contributed by atoms with Gasteiger partial charge in [-0.2, -0.15) is 0 Å². The standard InChI is InChI=1S/C19H31N3O.2ClH/c1-3-11-22(19(23)16(2)13-20)18-10-7-12-21(15-18)14-17-8-5-4-6-9-17;;/h4-6,8-9,16,18H,3,7,10-15,20H2,1-2H3;2*1H. The molecule has 0 bridgehead atoms. The van der Waals surface area contributed by atoms with Gasteiger partial charge in [0.25, 0.3) is 0 Å². The molecule has 0 aromatic heterocycles. The van der Waals surface area contributed by atoms with E-state index in [1.165, 1.54) is 5.56 Å². The molecule has 0 radical (unpaired) electrons. The molecule has 1 saturated heterocycles. The molecular weight excluding hydrogens is 357 g/mol. The van der Waals surface area contributed by atoms with Crippen LogP contribution in [-0.2, 0) is 11.3 Å². The molecule has 1 aromatic rings. The van der Waals surface area contributed by atoms with Crippen LogP contribution in [0.1, 0.15) is 38.7 Å². The Morgan fingerprint density at radius 3 is 2.60 bits per heavy atom. The summed E-state index contributed by atoms with van der Waals surface area (Å²) in [5.74, 6) is 0.145. The van der Waals surface area contributed by atoms with Crippen LogP contribution >= 0.6 is 24.8 Å². The molecule has 1 fully saturated rings.